The van der Waals surface area contributed by atoms with E-state index in [2.05, 4.69) is 44.6 Å². The number of aliphatic hydroxyl groups is 1. The molecule has 2 rings (SSSR count). The van der Waals surface area contributed by atoms with Crippen LogP contribution in [0, 0.1) is 24.2 Å². The van der Waals surface area contributed by atoms with Crippen molar-refractivity contribution in [2.75, 3.05) is 20.1 Å². The van der Waals surface area contributed by atoms with Crippen LogP contribution >= 0.6 is 0 Å². The minimum absolute atomic E-state index is 0.0198. The average molecular weight is 381 g/mol. The zero-order chi connectivity index (χ0) is 24.6. The highest BCUT2D eigenvalue weighted by atomic mass is 16.3. The van der Waals surface area contributed by atoms with Crippen molar-refractivity contribution in [2.45, 2.75) is 78.7 Å². The van der Waals surface area contributed by atoms with Gasteiger partial charge in [0, 0.05) is 5.41 Å². The third kappa shape index (κ3) is 3.78. The number of phenolic OH excluding ortho intramolecular Hbond substituents is 1. The predicted octanol–water partition coefficient (Wildman–Crippen LogP) is 5.12. The van der Waals surface area contributed by atoms with Crippen molar-refractivity contribution in [3.05, 3.63) is 29.3 Å². The number of benzene rings is 1. The molecule has 0 radical (unpaired) electrons. The molecule has 3 nitrogen and oxygen atoms in total. The number of hydrogen-bond donors (Lipinski definition) is 2. The lowest BCUT2D eigenvalue weighted by atomic mass is 9.49. The Bertz CT molecular complexity index is 804. The summed E-state index contributed by atoms with van der Waals surface area (Å²) in [5, 5.41) is 10.4. The molecule has 154 valence electrons. The molecule has 0 spiro atoms. The molecule has 0 bridgehead atoms. The number of nitrogens with zero attached hydrogens (tertiary/aromatic N) is 1. The molecule has 1 aromatic carbocycles. The molecule has 0 amide bonds. The Kier molecular flexibility index (Phi) is 4.54. The van der Waals surface area contributed by atoms with Gasteiger partial charge in [-0.15, -0.1) is 0 Å². The number of hydrogen-bond acceptors (Lipinski definition) is 3. The Hall–Kier alpha value is -1.06. The summed E-state index contributed by atoms with van der Waals surface area (Å²) in [4.78, 5) is 2.18. The zero-order valence-electron chi connectivity index (χ0n) is 23.5. The third-order valence-corrected chi connectivity index (χ3v) is 8.01. The molecule has 2 N–H and O–H groups in total. The maximum Gasteiger partial charge on any atom is 0.293 e. The Balaban J connectivity index is 2.87. The predicted molar refractivity (Wildman–Crippen MR) is 114 cm³/mol. The monoisotopic (exact) mass is 380 g/mol. The van der Waals surface area contributed by atoms with Crippen LogP contribution in [0.1, 0.15) is 76.0 Å². The Morgan fingerprint density at radius 2 is 2.07 bits per heavy atom. The average Bonchev–Trinajstić information content (AvgIpc) is 2.76. The van der Waals surface area contributed by atoms with E-state index in [9.17, 15) is 0 Å². The molecule has 0 heterocycles. The van der Waals surface area contributed by atoms with Crippen LogP contribution < -0.4 is 0 Å². The second kappa shape index (κ2) is 7.75. The largest absolute Gasteiger partial charge is 0.508 e. The van der Waals surface area contributed by atoms with Crippen LogP contribution in [0.25, 0.3) is 0 Å². The lowest BCUT2D eigenvalue weighted by Crippen LogP contribution is -2.62. The summed E-state index contributed by atoms with van der Waals surface area (Å²) in [6.45, 7) is 16.1. The van der Waals surface area contributed by atoms with Crippen LogP contribution in [0.3, 0.4) is 0 Å². The highest BCUT2D eigenvalue weighted by molar-refractivity contribution is 5.40. The summed E-state index contributed by atoms with van der Waals surface area (Å²) >= 11 is 0. The maximum absolute atomic E-state index is 8.95. The third-order valence-electron chi connectivity index (χ3n) is 8.01. The molecule has 0 saturated heterocycles. The van der Waals surface area contributed by atoms with E-state index >= 15 is 0 Å². The lowest BCUT2D eigenvalue weighted by molar-refractivity contribution is -0.161. The summed E-state index contributed by atoms with van der Waals surface area (Å²) in [5.74, 6) is 0.374. The van der Waals surface area contributed by atoms with Gasteiger partial charge in [-0.2, -0.15) is 0 Å². The van der Waals surface area contributed by atoms with Crippen LogP contribution in [0.15, 0.2) is 18.1 Å². The van der Waals surface area contributed by atoms with Gasteiger partial charge < -0.3 is 15.1 Å². The van der Waals surface area contributed by atoms with E-state index in [1.807, 2.05) is 14.0 Å². The fraction of sp³-hybridized carbons (Fsp3) is 0.750. The van der Waals surface area contributed by atoms with E-state index in [1.165, 1.54) is 0 Å². The lowest BCUT2D eigenvalue weighted by Gasteiger charge is -2.59. The minimum Gasteiger partial charge on any atom is -0.508 e. The first-order valence-corrected chi connectivity index (χ1v) is 10.3. The number of rotatable bonds is 8. The first-order chi connectivity index (χ1) is 14.8. The zero-order valence-corrected chi connectivity index (χ0v) is 18.5. The van der Waals surface area contributed by atoms with E-state index in [0.29, 0.717) is 36.4 Å². The molecule has 4 unspecified atom stereocenters. The highest BCUT2D eigenvalue weighted by Crippen LogP contribution is 2.57. The van der Waals surface area contributed by atoms with E-state index < -0.39 is 11.0 Å². The van der Waals surface area contributed by atoms with E-state index in [0.717, 1.165) is 13.0 Å². The molecule has 1 aromatic rings. The van der Waals surface area contributed by atoms with Gasteiger partial charge in [0.15, 0.2) is 0 Å². The van der Waals surface area contributed by atoms with Crippen molar-refractivity contribution in [2.24, 2.45) is 17.3 Å². The summed E-state index contributed by atoms with van der Waals surface area (Å²) < 4.78 is 42.0. The van der Waals surface area contributed by atoms with Crippen LogP contribution in [0.5, 0.6) is 5.75 Å². The summed E-state index contributed by atoms with van der Waals surface area (Å²) in [6, 6.07) is -0.186. The number of aromatic hydroxyl groups is 1. The van der Waals surface area contributed by atoms with Crippen LogP contribution in [-0.2, 0) is 5.41 Å². The van der Waals surface area contributed by atoms with E-state index in [-0.39, 0.29) is 35.2 Å². The molecule has 0 aromatic heterocycles. The van der Waals surface area contributed by atoms with Gasteiger partial charge in [0.05, 0.1) is 9.71 Å². The molecule has 4 atom stereocenters. The van der Waals surface area contributed by atoms with Gasteiger partial charge in [0.1, 0.15) is 5.75 Å². The molecular formula is C24H41NO2. The van der Waals surface area contributed by atoms with Crippen molar-refractivity contribution < 1.29 is 14.3 Å². The fourth-order valence-electron chi connectivity index (χ4n) is 4.69. The van der Waals surface area contributed by atoms with Gasteiger partial charge in [-0.3, -0.25) is 0 Å². The van der Waals surface area contributed by atoms with Crippen LogP contribution in [-0.4, -0.2) is 43.7 Å². The van der Waals surface area contributed by atoms with Crippen molar-refractivity contribution in [1.29, 1.82) is 2.86 Å². The van der Waals surface area contributed by atoms with E-state index in [1.54, 1.807) is 6.92 Å². The minimum atomic E-state index is -0.925. The maximum atomic E-state index is 8.95. The van der Waals surface area contributed by atoms with Gasteiger partial charge in [-0.1, -0.05) is 53.6 Å². The molecule has 1 aliphatic carbocycles. The quantitative estimate of drug-likeness (QED) is 0.657. The van der Waals surface area contributed by atoms with Crippen LogP contribution in [0.4, 0.5) is 0 Å². The van der Waals surface area contributed by atoms with Crippen molar-refractivity contribution in [3.8, 4) is 5.75 Å². The second-order valence-corrected chi connectivity index (χ2v) is 9.55. The van der Waals surface area contributed by atoms with Crippen molar-refractivity contribution >= 4 is 0 Å². The van der Waals surface area contributed by atoms with Crippen molar-refractivity contribution in [1.82, 2.24) is 4.90 Å². The SMILES string of the molecule is [2H]Oc1c([2H])c([2H])c(C(C)(CCN(C)CC)C2(O[2H])CCC(C)C(C)(C)C2C)c([2H])c1C. The van der Waals surface area contributed by atoms with Gasteiger partial charge in [0.25, 0.3) is 1.43 Å². The Morgan fingerprint density at radius 3 is 2.67 bits per heavy atom. The highest BCUT2D eigenvalue weighted by Gasteiger charge is 2.58. The standard InChI is InChI=1S/C24H41NO2/c1-9-25(8)15-14-23(7,20-10-11-21(26)17(2)16-20)24(27)13-12-18(3)22(5,6)19(24)4/h10-11,16,18-19,26-27H,9,12-15H2,1-8H3/i10D,11D,16D,27D/hD. The topological polar surface area (TPSA) is 43.7 Å². The first-order valence-electron chi connectivity index (χ1n) is 12.6. The molecule has 27 heavy (non-hydrogen) atoms. The Labute approximate surface area is 174 Å². The molecular weight excluding hydrogens is 334 g/mol. The van der Waals surface area contributed by atoms with Crippen LogP contribution in [0.2, 0.25) is 0 Å². The molecule has 3 heteroatoms. The molecule has 1 aliphatic rings. The summed E-state index contributed by atoms with van der Waals surface area (Å²) in [7, 11) is 2.03. The molecule has 1 saturated carbocycles. The normalized spacial score (nSPS) is 32.7. The van der Waals surface area contributed by atoms with Gasteiger partial charge in [-0.05, 0) is 80.7 Å². The number of phenols is 1. The van der Waals surface area contributed by atoms with E-state index in [4.69, 9.17) is 12.1 Å². The smallest absolute Gasteiger partial charge is 0.293 e. The first kappa shape index (κ1) is 15.8. The Morgan fingerprint density at radius 1 is 1.37 bits per heavy atom. The second-order valence-electron chi connectivity index (χ2n) is 9.55. The summed E-state index contributed by atoms with van der Waals surface area (Å²) in [5.41, 5.74) is -1.09. The molecule has 0 aliphatic heterocycles. The fourth-order valence-corrected chi connectivity index (χ4v) is 4.69. The van der Waals surface area contributed by atoms with Crippen molar-refractivity contribution in [3.63, 3.8) is 0 Å². The molecule has 1 fully saturated rings. The summed E-state index contributed by atoms with van der Waals surface area (Å²) in [6.07, 6.45) is 2.12. The van der Waals surface area contributed by atoms with Gasteiger partial charge in [-0.25, -0.2) is 0 Å². The van der Waals surface area contributed by atoms with Gasteiger partial charge in [0.2, 0.25) is 1.43 Å². The van der Waals surface area contributed by atoms with Gasteiger partial charge >= 0.3 is 0 Å².